The Morgan fingerprint density at radius 3 is 2.68 bits per heavy atom. The normalized spacial score (nSPS) is 10.9. The molecule has 1 aromatic carbocycles. The Bertz CT molecular complexity index is 967. The van der Waals surface area contributed by atoms with Gasteiger partial charge in [0.25, 0.3) is 0 Å². The molecule has 2 amide bonds. The molecule has 148 valence electrons. The molecule has 0 atom stereocenters. The first-order valence-electron chi connectivity index (χ1n) is 9.03. The molecule has 0 unspecified atom stereocenters. The fourth-order valence-corrected chi connectivity index (χ4v) is 4.12. The van der Waals surface area contributed by atoms with Crippen molar-refractivity contribution in [3.8, 4) is 0 Å². The van der Waals surface area contributed by atoms with Crippen molar-refractivity contribution in [1.29, 1.82) is 0 Å². The van der Waals surface area contributed by atoms with Gasteiger partial charge >= 0.3 is 0 Å². The summed E-state index contributed by atoms with van der Waals surface area (Å²) in [6.45, 7) is 3.92. The molecule has 0 radical (unpaired) electrons. The number of thioether (sulfide) groups is 1. The standard InChI is InChI=1S/C19H22N4O3S2/c1-3-4-5-13-6-7-14-15(9-13)28-19(20-14)22-18(25)11-27-10-17(24)21-16-8-12(2)26-23-16/h6-9H,3-5,10-11H2,1-2H3,(H,20,22,25)(H,21,23,24). The zero-order valence-electron chi connectivity index (χ0n) is 15.8. The number of fused-ring (bicyclic) bond motifs is 1. The SMILES string of the molecule is CCCCc1ccc2nc(NC(=O)CSCC(=O)Nc3cc(C)on3)sc2c1. The van der Waals surface area contributed by atoms with Crippen molar-refractivity contribution in [3.05, 3.63) is 35.6 Å². The minimum Gasteiger partial charge on any atom is -0.360 e. The molecule has 3 aromatic rings. The van der Waals surface area contributed by atoms with E-state index >= 15 is 0 Å². The molecule has 28 heavy (non-hydrogen) atoms. The molecular formula is C19H22N4O3S2. The molecule has 0 aliphatic rings. The van der Waals surface area contributed by atoms with Crippen molar-refractivity contribution < 1.29 is 14.1 Å². The van der Waals surface area contributed by atoms with Gasteiger partial charge in [0.15, 0.2) is 10.9 Å². The van der Waals surface area contributed by atoms with Crippen LogP contribution in [0.5, 0.6) is 0 Å². The summed E-state index contributed by atoms with van der Waals surface area (Å²) in [6.07, 6.45) is 3.38. The summed E-state index contributed by atoms with van der Waals surface area (Å²) in [5.74, 6) is 0.908. The second-order valence-electron chi connectivity index (χ2n) is 6.34. The van der Waals surface area contributed by atoms with Crippen LogP contribution in [-0.4, -0.2) is 33.5 Å². The Hall–Kier alpha value is -2.39. The van der Waals surface area contributed by atoms with Crippen LogP contribution < -0.4 is 10.6 Å². The number of carbonyl (C=O) groups is 2. The maximum absolute atomic E-state index is 12.1. The maximum Gasteiger partial charge on any atom is 0.236 e. The third-order valence-corrected chi connectivity index (χ3v) is 5.75. The van der Waals surface area contributed by atoms with Gasteiger partial charge in [0.2, 0.25) is 11.8 Å². The van der Waals surface area contributed by atoms with E-state index in [2.05, 4.69) is 39.8 Å². The van der Waals surface area contributed by atoms with Crippen molar-refractivity contribution in [2.24, 2.45) is 0 Å². The number of nitrogens with one attached hydrogen (secondary N) is 2. The minimum absolute atomic E-state index is 0.153. The molecule has 0 aliphatic carbocycles. The molecule has 0 aliphatic heterocycles. The molecule has 0 spiro atoms. The van der Waals surface area contributed by atoms with E-state index in [4.69, 9.17) is 4.52 Å². The average molecular weight is 419 g/mol. The molecule has 2 aromatic heterocycles. The van der Waals surface area contributed by atoms with E-state index in [1.54, 1.807) is 13.0 Å². The molecule has 2 N–H and O–H groups in total. The van der Waals surface area contributed by atoms with Gasteiger partial charge in [-0.15, -0.1) is 11.8 Å². The average Bonchev–Trinajstić information content (AvgIpc) is 3.24. The Morgan fingerprint density at radius 1 is 1.18 bits per heavy atom. The number of thiazole rings is 1. The van der Waals surface area contributed by atoms with E-state index in [9.17, 15) is 9.59 Å². The smallest absolute Gasteiger partial charge is 0.236 e. The summed E-state index contributed by atoms with van der Waals surface area (Å²) < 4.78 is 5.95. The molecule has 2 heterocycles. The number of unbranched alkanes of at least 4 members (excludes halogenated alkanes) is 1. The van der Waals surface area contributed by atoms with Crippen molar-refractivity contribution in [2.45, 2.75) is 33.1 Å². The van der Waals surface area contributed by atoms with Gasteiger partial charge in [-0.3, -0.25) is 9.59 Å². The minimum atomic E-state index is -0.231. The van der Waals surface area contributed by atoms with Gasteiger partial charge in [-0.25, -0.2) is 4.98 Å². The first-order chi connectivity index (χ1) is 13.5. The lowest BCUT2D eigenvalue weighted by atomic mass is 10.1. The van der Waals surface area contributed by atoms with Crippen LogP contribution in [0.2, 0.25) is 0 Å². The molecule has 0 bridgehead atoms. The van der Waals surface area contributed by atoms with Gasteiger partial charge in [-0.05, 0) is 37.5 Å². The fraction of sp³-hybridized carbons (Fsp3) is 0.368. The number of hydrogen-bond acceptors (Lipinski definition) is 7. The monoisotopic (exact) mass is 418 g/mol. The Kier molecular flexibility index (Phi) is 7.05. The van der Waals surface area contributed by atoms with Crippen molar-refractivity contribution >= 4 is 56.1 Å². The van der Waals surface area contributed by atoms with E-state index in [0.29, 0.717) is 16.7 Å². The number of amides is 2. The van der Waals surface area contributed by atoms with Crippen molar-refractivity contribution in [3.63, 3.8) is 0 Å². The lowest BCUT2D eigenvalue weighted by Crippen LogP contribution is -2.18. The molecule has 3 rings (SSSR count). The summed E-state index contributed by atoms with van der Waals surface area (Å²) in [6, 6.07) is 7.87. The van der Waals surface area contributed by atoms with Gasteiger partial charge in [-0.1, -0.05) is 35.9 Å². The third kappa shape index (κ3) is 5.80. The highest BCUT2D eigenvalue weighted by Gasteiger charge is 2.11. The molecule has 9 heteroatoms. The zero-order chi connectivity index (χ0) is 19.9. The Balaban J connectivity index is 1.45. The maximum atomic E-state index is 12.1. The van der Waals surface area contributed by atoms with Crippen LogP contribution in [0.25, 0.3) is 10.2 Å². The molecule has 0 saturated heterocycles. The topological polar surface area (TPSA) is 97.1 Å². The van der Waals surface area contributed by atoms with E-state index in [1.807, 2.05) is 6.07 Å². The van der Waals surface area contributed by atoms with Gasteiger partial charge in [0.1, 0.15) is 5.76 Å². The van der Waals surface area contributed by atoms with E-state index < -0.39 is 0 Å². The van der Waals surface area contributed by atoms with E-state index in [0.717, 1.165) is 29.5 Å². The molecule has 7 nitrogen and oxygen atoms in total. The summed E-state index contributed by atoms with van der Waals surface area (Å²) in [4.78, 5) is 28.4. The number of benzene rings is 1. The highest BCUT2D eigenvalue weighted by Crippen LogP contribution is 2.27. The number of hydrogen-bond donors (Lipinski definition) is 2. The lowest BCUT2D eigenvalue weighted by molar-refractivity contribution is -0.114. The third-order valence-electron chi connectivity index (χ3n) is 3.88. The van der Waals surface area contributed by atoms with Crippen LogP contribution >= 0.6 is 23.1 Å². The van der Waals surface area contributed by atoms with Crippen LogP contribution in [0, 0.1) is 6.92 Å². The highest BCUT2D eigenvalue weighted by atomic mass is 32.2. The predicted octanol–water partition coefficient (Wildman–Crippen LogP) is 4.25. The quantitative estimate of drug-likeness (QED) is 0.539. The number of nitrogens with zero attached hydrogens (tertiary/aromatic N) is 2. The number of rotatable bonds is 9. The number of aromatic nitrogens is 2. The first-order valence-corrected chi connectivity index (χ1v) is 11.0. The summed E-state index contributed by atoms with van der Waals surface area (Å²) in [5, 5.41) is 9.70. The highest BCUT2D eigenvalue weighted by molar-refractivity contribution is 8.00. The van der Waals surface area contributed by atoms with Gasteiger partial charge in [0.05, 0.1) is 21.7 Å². The molecule has 0 fully saturated rings. The lowest BCUT2D eigenvalue weighted by Gasteiger charge is -2.02. The summed E-state index contributed by atoms with van der Waals surface area (Å²) in [7, 11) is 0. The van der Waals surface area contributed by atoms with E-state index in [-0.39, 0.29) is 23.3 Å². The predicted molar refractivity (Wildman–Crippen MR) is 114 cm³/mol. The molecule has 0 saturated carbocycles. The van der Waals surface area contributed by atoms with E-state index in [1.165, 1.54) is 28.7 Å². The fourth-order valence-electron chi connectivity index (χ4n) is 2.55. The second kappa shape index (κ2) is 9.70. The van der Waals surface area contributed by atoms with Gasteiger partial charge in [0, 0.05) is 6.07 Å². The molecular weight excluding hydrogens is 396 g/mol. The van der Waals surface area contributed by atoms with Crippen LogP contribution in [0.1, 0.15) is 31.1 Å². The number of carbonyl (C=O) groups excluding carboxylic acids is 2. The Labute approximate surface area is 171 Å². The summed E-state index contributed by atoms with van der Waals surface area (Å²) >= 11 is 2.69. The van der Waals surface area contributed by atoms with Crippen LogP contribution in [0.4, 0.5) is 10.9 Å². The van der Waals surface area contributed by atoms with Gasteiger partial charge < -0.3 is 15.2 Å². The zero-order valence-corrected chi connectivity index (χ0v) is 17.4. The first kappa shape index (κ1) is 20.3. The summed E-state index contributed by atoms with van der Waals surface area (Å²) in [5.41, 5.74) is 2.18. The van der Waals surface area contributed by atoms with Gasteiger partial charge in [-0.2, -0.15) is 0 Å². The second-order valence-corrected chi connectivity index (χ2v) is 8.35. The van der Waals surface area contributed by atoms with Crippen LogP contribution in [0.15, 0.2) is 28.8 Å². The number of anilines is 2. The Morgan fingerprint density at radius 2 is 1.96 bits per heavy atom. The van der Waals surface area contributed by atoms with Crippen LogP contribution in [-0.2, 0) is 16.0 Å². The van der Waals surface area contributed by atoms with Crippen molar-refractivity contribution in [2.75, 3.05) is 22.1 Å². The van der Waals surface area contributed by atoms with Crippen LogP contribution in [0.3, 0.4) is 0 Å². The largest absolute Gasteiger partial charge is 0.360 e. The van der Waals surface area contributed by atoms with Crippen molar-refractivity contribution in [1.82, 2.24) is 10.1 Å². The number of aryl methyl sites for hydroxylation is 2.